The minimum atomic E-state index is -0.525. The number of carbonyl (C=O) groups excluding carboxylic acids is 3. The summed E-state index contributed by atoms with van der Waals surface area (Å²) >= 11 is 4.19. The number of halogens is 1. The number of nitrogens with one attached hydrogen (secondary N) is 1. The monoisotopic (exact) mass is 567 g/mol. The zero-order chi connectivity index (χ0) is 25.1. The van der Waals surface area contributed by atoms with Gasteiger partial charge in [-0.05, 0) is 48.2 Å². The number of hydrogen-bond donors (Lipinski definition) is 1. The van der Waals surface area contributed by atoms with Crippen LogP contribution in [-0.2, 0) is 14.3 Å². The fraction of sp³-hybridized carbons (Fsp3) is 0.192. The maximum Gasteiger partial charge on any atom is 0.294 e. The van der Waals surface area contributed by atoms with Gasteiger partial charge in [0.1, 0.15) is 18.1 Å². The van der Waals surface area contributed by atoms with Gasteiger partial charge in [-0.15, -0.1) is 0 Å². The minimum absolute atomic E-state index is 0.207. The number of nitrogens with zero attached hydrogens (tertiary/aromatic N) is 2. The highest BCUT2D eigenvalue weighted by molar-refractivity contribution is 9.10. The molecule has 2 aliphatic heterocycles. The number of amides is 3. The molecule has 0 bridgehead atoms. The van der Waals surface area contributed by atoms with Crippen molar-refractivity contribution in [2.45, 2.75) is 0 Å². The van der Waals surface area contributed by atoms with Crippen molar-refractivity contribution < 1.29 is 23.5 Å². The molecule has 0 radical (unpaired) electrons. The number of imide groups is 1. The predicted octanol–water partition coefficient (Wildman–Crippen LogP) is 5.22. The van der Waals surface area contributed by atoms with E-state index in [2.05, 4.69) is 26.1 Å². The SMILES string of the molecule is O=C(CN1C(=O)S/C(=C/c2ccc(-c3ccc(Br)cc3)o2)C1=O)Nc1ccccc1N1CCOCC1. The quantitative estimate of drug-likeness (QED) is 0.408. The highest BCUT2D eigenvalue weighted by Gasteiger charge is 2.36. The molecule has 2 fully saturated rings. The minimum Gasteiger partial charge on any atom is -0.457 e. The molecule has 10 heteroatoms. The molecule has 0 aliphatic carbocycles. The molecular weight excluding hydrogens is 546 g/mol. The first-order chi connectivity index (χ1) is 17.5. The Kier molecular flexibility index (Phi) is 7.26. The van der Waals surface area contributed by atoms with Crippen LogP contribution in [0.25, 0.3) is 17.4 Å². The second-order valence-corrected chi connectivity index (χ2v) is 10.1. The molecule has 1 aromatic heterocycles. The molecule has 3 amide bonds. The van der Waals surface area contributed by atoms with Crippen LogP contribution in [0.4, 0.5) is 16.2 Å². The zero-order valence-electron chi connectivity index (χ0n) is 19.1. The Morgan fingerprint density at radius 1 is 1.03 bits per heavy atom. The van der Waals surface area contributed by atoms with Crippen molar-refractivity contribution in [2.24, 2.45) is 0 Å². The fourth-order valence-electron chi connectivity index (χ4n) is 3.96. The van der Waals surface area contributed by atoms with Crippen LogP contribution < -0.4 is 10.2 Å². The lowest BCUT2D eigenvalue weighted by Gasteiger charge is -2.30. The average molecular weight is 568 g/mol. The Hall–Kier alpha value is -3.34. The number of furan rings is 1. The van der Waals surface area contributed by atoms with Crippen molar-refractivity contribution in [1.29, 1.82) is 0 Å². The van der Waals surface area contributed by atoms with Gasteiger partial charge < -0.3 is 19.4 Å². The number of ether oxygens (including phenoxy) is 1. The third-order valence-electron chi connectivity index (χ3n) is 5.73. The van der Waals surface area contributed by atoms with Gasteiger partial charge in [0, 0.05) is 29.2 Å². The van der Waals surface area contributed by atoms with Gasteiger partial charge in [-0.25, -0.2) is 0 Å². The third kappa shape index (κ3) is 5.40. The number of hydrogen-bond acceptors (Lipinski definition) is 7. The van der Waals surface area contributed by atoms with Gasteiger partial charge >= 0.3 is 0 Å². The molecule has 0 unspecified atom stereocenters. The maximum absolute atomic E-state index is 12.9. The molecule has 2 aromatic carbocycles. The zero-order valence-corrected chi connectivity index (χ0v) is 21.5. The van der Waals surface area contributed by atoms with Crippen LogP contribution in [0.1, 0.15) is 5.76 Å². The number of thioether (sulfide) groups is 1. The van der Waals surface area contributed by atoms with Gasteiger partial charge in [-0.1, -0.05) is 40.2 Å². The molecule has 2 aliphatic rings. The van der Waals surface area contributed by atoms with Crippen molar-refractivity contribution in [3.8, 4) is 11.3 Å². The molecule has 1 N–H and O–H groups in total. The highest BCUT2D eigenvalue weighted by Crippen LogP contribution is 2.34. The van der Waals surface area contributed by atoms with E-state index in [0.29, 0.717) is 30.4 Å². The molecule has 0 atom stereocenters. The van der Waals surface area contributed by atoms with Crippen LogP contribution in [0.15, 0.2) is 74.5 Å². The number of rotatable bonds is 6. The van der Waals surface area contributed by atoms with E-state index < -0.39 is 17.1 Å². The van der Waals surface area contributed by atoms with E-state index in [-0.39, 0.29) is 11.4 Å². The molecule has 3 aromatic rings. The number of anilines is 2. The molecule has 0 spiro atoms. The molecule has 184 valence electrons. The molecule has 8 nitrogen and oxygen atoms in total. The van der Waals surface area contributed by atoms with Crippen molar-refractivity contribution in [3.05, 3.63) is 75.8 Å². The predicted molar refractivity (Wildman–Crippen MR) is 143 cm³/mol. The lowest BCUT2D eigenvalue weighted by atomic mass is 10.2. The van der Waals surface area contributed by atoms with E-state index in [9.17, 15) is 14.4 Å². The van der Waals surface area contributed by atoms with Gasteiger partial charge in [0.15, 0.2) is 0 Å². The second kappa shape index (κ2) is 10.7. The molecule has 36 heavy (non-hydrogen) atoms. The summed E-state index contributed by atoms with van der Waals surface area (Å²) in [7, 11) is 0. The largest absolute Gasteiger partial charge is 0.457 e. The second-order valence-electron chi connectivity index (χ2n) is 8.14. The molecule has 2 saturated heterocycles. The van der Waals surface area contributed by atoms with Crippen LogP contribution in [0.3, 0.4) is 0 Å². The van der Waals surface area contributed by atoms with Crippen LogP contribution >= 0.6 is 27.7 Å². The normalized spacial score (nSPS) is 17.2. The fourth-order valence-corrected chi connectivity index (χ4v) is 5.04. The topological polar surface area (TPSA) is 92.1 Å². The molecule has 3 heterocycles. The summed E-state index contributed by atoms with van der Waals surface area (Å²) < 4.78 is 12.2. The maximum atomic E-state index is 12.9. The van der Waals surface area contributed by atoms with E-state index in [0.717, 1.165) is 45.5 Å². The number of carbonyl (C=O) groups is 3. The third-order valence-corrected chi connectivity index (χ3v) is 7.17. The lowest BCUT2D eigenvalue weighted by Crippen LogP contribution is -2.38. The Morgan fingerprint density at radius 2 is 1.78 bits per heavy atom. The summed E-state index contributed by atoms with van der Waals surface area (Å²) in [6.07, 6.45) is 1.53. The Bertz CT molecular complexity index is 1330. The smallest absolute Gasteiger partial charge is 0.294 e. The van der Waals surface area contributed by atoms with Crippen molar-refractivity contribution >= 4 is 62.2 Å². The number of para-hydroxylation sites is 2. The Labute approximate surface area is 220 Å². The first-order valence-corrected chi connectivity index (χ1v) is 12.9. The first kappa shape index (κ1) is 24.4. The lowest BCUT2D eigenvalue weighted by molar-refractivity contribution is -0.127. The van der Waals surface area contributed by atoms with Crippen molar-refractivity contribution in [1.82, 2.24) is 4.90 Å². The van der Waals surface area contributed by atoms with E-state index in [1.165, 1.54) is 6.08 Å². The summed E-state index contributed by atoms with van der Waals surface area (Å²) in [4.78, 5) is 41.5. The van der Waals surface area contributed by atoms with E-state index in [1.54, 1.807) is 18.2 Å². The van der Waals surface area contributed by atoms with Crippen LogP contribution in [0.2, 0.25) is 0 Å². The number of morpholine rings is 1. The summed E-state index contributed by atoms with van der Waals surface area (Å²) in [6, 6.07) is 18.6. The van der Waals surface area contributed by atoms with E-state index >= 15 is 0 Å². The van der Waals surface area contributed by atoms with E-state index in [1.807, 2.05) is 42.5 Å². The molecule has 0 saturated carbocycles. The van der Waals surface area contributed by atoms with E-state index in [4.69, 9.17) is 9.15 Å². The van der Waals surface area contributed by atoms with Crippen LogP contribution in [0, 0.1) is 0 Å². The van der Waals surface area contributed by atoms with Gasteiger partial charge in [0.25, 0.3) is 11.1 Å². The van der Waals surface area contributed by atoms with Gasteiger partial charge in [-0.3, -0.25) is 19.3 Å². The summed E-state index contributed by atoms with van der Waals surface area (Å²) in [5, 5.41) is 2.35. The van der Waals surface area contributed by atoms with Crippen molar-refractivity contribution in [2.75, 3.05) is 43.1 Å². The average Bonchev–Trinajstić information content (AvgIpc) is 3.45. The summed E-state index contributed by atoms with van der Waals surface area (Å²) in [5.74, 6) is 0.117. The molecule has 5 rings (SSSR count). The van der Waals surface area contributed by atoms with Crippen LogP contribution in [0.5, 0.6) is 0 Å². The molecular formula is C26H22BrN3O5S. The Morgan fingerprint density at radius 3 is 2.56 bits per heavy atom. The summed E-state index contributed by atoms with van der Waals surface area (Å²) in [6.45, 7) is 2.30. The summed E-state index contributed by atoms with van der Waals surface area (Å²) in [5.41, 5.74) is 2.39. The number of benzene rings is 2. The first-order valence-electron chi connectivity index (χ1n) is 11.3. The van der Waals surface area contributed by atoms with Crippen LogP contribution in [-0.4, -0.2) is 54.8 Å². The van der Waals surface area contributed by atoms with Crippen molar-refractivity contribution in [3.63, 3.8) is 0 Å². The highest BCUT2D eigenvalue weighted by atomic mass is 79.9. The van der Waals surface area contributed by atoms with Gasteiger partial charge in [0.2, 0.25) is 5.91 Å². The van der Waals surface area contributed by atoms with Gasteiger partial charge in [0.05, 0.1) is 29.5 Å². The van der Waals surface area contributed by atoms with Gasteiger partial charge in [-0.2, -0.15) is 0 Å². The Balaban J connectivity index is 1.25. The standard InChI is InChI=1S/C26H22BrN3O5S/c27-18-7-5-17(6-8-18)22-10-9-19(35-22)15-23-25(32)30(26(33)36-23)16-24(31)28-20-3-1-2-4-21(20)29-11-13-34-14-12-29/h1-10,15H,11-14,16H2,(H,28,31)/b23-15+.